The van der Waals surface area contributed by atoms with Crippen LogP contribution in [0.3, 0.4) is 0 Å². The van der Waals surface area contributed by atoms with Crippen molar-refractivity contribution in [3.63, 3.8) is 0 Å². The van der Waals surface area contributed by atoms with E-state index in [1.807, 2.05) is 0 Å². The maximum Gasteiger partial charge on any atom is 0.419 e. The van der Waals surface area contributed by atoms with Crippen LogP contribution < -0.4 is 16.6 Å². The van der Waals surface area contributed by atoms with Crippen LogP contribution in [0.1, 0.15) is 5.56 Å². The molecule has 0 aliphatic heterocycles. The number of aryl methyl sites for hydroxylation is 1. The molecule has 0 atom stereocenters. The number of carbonyl (C=O) groups is 1. The van der Waals surface area contributed by atoms with E-state index < -0.39 is 34.7 Å². The molecule has 0 saturated carbocycles. The summed E-state index contributed by atoms with van der Waals surface area (Å²) in [5.74, 6) is -2.02. The van der Waals surface area contributed by atoms with Crippen molar-refractivity contribution in [2.75, 3.05) is 5.32 Å². The Morgan fingerprint density at radius 3 is 2.58 bits per heavy atom. The van der Waals surface area contributed by atoms with Crippen molar-refractivity contribution in [1.29, 1.82) is 0 Å². The highest BCUT2D eigenvalue weighted by Crippen LogP contribution is 2.34. The molecule has 0 aliphatic carbocycles. The van der Waals surface area contributed by atoms with Gasteiger partial charge in [-0.05, 0) is 12.1 Å². The molecule has 0 spiro atoms. The predicted octanol–water partition coefficient (Wildman–Crippen LogP) is 2.35. The lowest BCUT2D eigenvalue weighted by molar-refractivity contribution is -0.140. The number of hydrogen-bond donors (Lipinski definition) is 1. The lowest BCUT2D eigenvalue weighted by Gasteiger charge is -2.08. The standard InChI is InChI=1S/C19H14F4N6O3S/c1-27-13-6-24-29(15(13)16(31)28(2)18(27)32)7-14(30)26-17-25-12(8-33-17)9-3-4-10(11(20)5-9)19(21,22)23/h3-6,8H,7H2,1-2H3,(H,25,26,30). The quantitative estimate of drug-likeness (QED) is 0.450. The molecule has 0 fully saturated rings. The summed E-state index contributed by atoms with van der Waals surface area (Å²) in [6.45, 7) is -0.360. The molecule has 0 unspecified atom stereocenters. The molecule has 3 heterocycles. The lowest BCUT2D eigenvalue weighted by atomic mass is 10.1. The van der Waals surface area contributed by atoms with Gasteiger partial charge in [-0.1, -0.05) is 6.07 Å². The Morgan fingerprint density at radius 1 is 1.18 bits per heavy atom. The Hall–Kier alpha value is -3.81. The maximum absolute atomic E-state index is 13.8. The Kier molecular flexibility index (Phi) is 5.40. The number of benzene rings is 1. The fourth-order valence-electron chi connectivity index (χ4n) is 3.20. The molecule has 4 aromatic rings. The van der Waals surface area contributed by atoms with Gasteiger partial charge in [0.2, 0.25) is 5.91 Å². The summed E-state index contributed by atoms with van der Waals surface area (Å²) in [4.78, 5) is 41.0. The predicted molar refractivity (Wildman–Crippen MR) is 111 cm³/mol. The molecule has 0 aliphatic rings. The molecule has 0 radical (unpaired) electrons. The second-order valence-electron chi connectivity index (χ2n) is 7.02. The molecule has 4 rings (SSSR count). The van der Waals surface area contributed by atoms with Gasteiger partial charge in [0.15, 0.2) is 10.6 Å². The van der Waals surface area contributed by atoms with Gasteiger partial charge in [-0.2, -0.15) is 18.3 Å². The number of carbonyl (C=O) groups excluding carboxylic acids is 1. The average molecular weight is 482 g/mol. The molecule has 1 aromatic carbocycles. The fraction of sp³-hybridized carbons (Fsp3) is 0.211. The zero-order valence-corrected chi connectivity index (χ0v) is 17.8. The molecule has 1 amide bonds. The average Bonchev–Trinajstić information content (AvgIpc) is 3.37. The summed E-state index contributed by atoms with van der Waals surface area (Å²) in [5, 5.41) is 8.07. The van der Waals surface area contributed by atoms with Gasteiger partial charge >= 0.3 is 11.9 Å². The van der Waals surface area contributed by atoms with E-state index in [-0.39, 0.29) is 34.0 Å². The molecule has 0 bridgehead atoms. The zero-order chi connectivity index (χ0) is 24.1. The molecule has 3 aromatic heterocycles. The van der Waals surface area contributed by atoms with Crippen molar-refractivity contribution in [2.24, 2.45) is 14.1 Å². The normalized spacial score (nSPS) is 11.8. The van der Waals surface area contributed by atoms with E-state index in [1.165, 1.54) is 30.2 Å². The number of nitrogens with one attached hydrogen (secondary N) is 1. The van der Waals surface area contributed by atoms with Crippen LogP contribution in [0.2, 0.25) is 0 Å². The third-order valence-corrected chi connectivity index (χ3v) is 5.63. The third kappa shape index (κ3) is 4.04. The van der Waals surface area contributed by atoms with Crippen LogP contribution in [0.5, 0.6) is 0 Å². The minimum Gasteiger partial charge on any atom is -0.300 e. The van der Waals surface area contributed by atoms with E-state index in [0.717, 1.165) is 32.7 Å². The van der Waals surface area contributed by atoms with Crippen LogP contribution in [0.15, 0.2) is 39.4 Å². The van der Waals surface area contributed by atoms with Gasteiger partial charge in [0.25, 0.3) is 5.56 Å². The highest BCUT2D eigenvalue weighted by molar-refractivity contribution is 7.14. The SMILES string of the molecule is Cn1c(=O)c2c(cnn2CC(=O)Nc2nc(-c3ccc(C(F)(F)F)c(F)c3)cs2)n(C)c1=O. The van der Waals surface area contributed by atoms with Crippen LogP contribution in [0, 0.1) is 5.82 Å². The summed E-state index contributed by atoms with van der Waals surface area (Å²) in [6, 6.07) is 2.43. The second kappa shape index (κ2) is 7.95. The first-order valence-corrected chi connectivity index (χ1v) is 10.1. The first-order valence-electron chi connectivity index (χ1n) is 9.21. The van der Waals surface area contributed by atoms with Crippen molar-refractivity contribution >= 4 is 33.4 Å². The molecule has 9 nitrogen and oxygen atoms in total. The van der Waals surface area contributed by atoms with Crippen molar-refractivity contribution in [3.05, 3.63) is 62.0 Å². The Morgan fingerprint density at radius 2 is 1.91 bits per heavy atom. The number of rotatable bonds is 4. The van der Waals surface area contributed by atoms with Crippen molar-refractivity contribution < 1.29 is 22.4 Å². The summed E-state index contributed by atoms with van der Waals surface area (Å²) >= 11 is 0.986. The lowest BCUT2D eigenvalue weighted by Crippen LogP contribution is -2.37. The van der Waals surface area contributed by atoms with Gasteiger partial charge in [0.05, 0.1) is 23.0 Å². The topological polar surface area (TPSA) is 104 Å². The van der Waals surface area contributed by atoms with Crippen molar-refractivity contribution in [1.82, 2.24) is 23.9 Å². The highest BCUT2D eigenvalue weighted by atomic mass is 32.1. The molecule has 1 N–H and O–H groups in total. The van der Waals surface area contributed by atoms with Gasteiger partial charge < -0.3 is 5.32 Å². The zero-order valence-electron chi connectivity index (χ0n) is 17.0. The number of alkyl halides is 3. The number of nitrogens with zero attached hydrogens (tertiary/aromatic N) is 5. The van der Waals surface area contributed by atoms with Crippen LogP contribution in [0.25, 0.3) is 22.3 Å². The summed E-state index contributed by atoms with van der Waals surface area (Å²) < 4.78 is 55.3. The van der Waals surface area contributed by atoms with E-state index in [0.29, 0.717) is 6.07 Å². The van der Waals surface area contributed by atoms with E-state index in [4.69, 9.17) is 0 Å². The monoisotopic (exact) mass is 482 g/mol. The van der Waals surface area contributed by atoms with Crippen LogP contribution in [-0.4, -0.2) is 29.8 Å². The van der Waals surface area contributed by atoms with Gasteiger partial charge in [-0.25, -0.2) is 18.9 Å². The second-order valence-corrected chi connectivity index (χ2v) is 7.88. The van der Waals surface area contributed by atoms with Gasteiger partial charge in [0.1, 0.15) is 12.4 Å². The van der Waals surface area contributed by atoms with E-state index in [2.05, 4.69) is 15.4 Å². The number of anilines is 1. The smallest absolute Gasteiger partial charge is 0.300 e. The Bertz CT molecular complexity index is 1510. The number of aromatic nitrogens is 5. The summed E-state index contributed by atoms with van der Waals surface area (Å²) in [6.07, 6.45) is -3.51. The minimum absolute atomic E-state index is 0.0646. The highest BCUT2D eigenvalue weighted by Gasteiger charge is 2.34. The molecule has 14 heteroatoms. The van der Waals surface area contributed by atoms with E-state index in [9.17, 15) is 31.9 Å². The Labute approximate surface area is 185 Å². The van der Waals surface area contributed by atoms with E-state index >= 15 is 0 Å². The van der Waals surface area contributed by atoms with Crippen LogP contribution in [-0.2, 0) is 31.6 Å². The van der Waals surface area contributed by atoms with Crippen LogP contribution in [0.4, 0.5) is 22.7 Å². The first kappa shape index (κ1) is 22.4. The molecular formula is C19H14F4N6O3S. The first-order chi connectivity index (χ1) is 15.5. The van der Waals surface area contributed by atoms with Crippen molar-refractivity contribution in [2.45, 2.75) is 12.7 Å². The fourth-order valence-corrected chi connectivity index (χ4v) is 3.93. The maximum atomic E-state index is 13.8. The van der Waals surface area contributed by atoms with Crippen LogP contribution >= 0.6 is 11.3 Å². The molecule has 33 heavy (non-hydrogen) atoms. The van der Waals surface area contributed by atoms with Gasteiger partial charge in [-0.3, -0.25) is 18.7 Å². The van der Waals surface area contributed by atoms with Gasteiger partial charge in [0, 0.05) is 25.0 Å². The molecule has 172 valence electrons. The van der Waals surface area contributed by atoms with Crippen molar-refractivity contribution in [3.8, 4) is 11.3 Å². The molecular weight excluding hydrogens is 468 g/mol. The minimum atomic E-state index is -4.81. The number of halogens is 4. The number of fused-ring (bicyclic) bond motifs is 1. The number of hydrogen-bond acceptors (Lipinski definition) is 6. The molecule has 0 saturated heterocycles. The Balaban J connectivity index is 1.54. The third-order valence-electron chi connectivity index (χ3n) is 4.88. The summed E-state index contributed by atoms with van der Waals surface area (Å²) in [5.41, 5.74) is -1.92. The number of amides is 1. The summed E-state index contributed by atoms with van der Waals surface area (Å²) in [7, 11) is 2.78. The number of thiazole rings is 1. The largest absolute Gasteiger partial charge is 0.419 e. The van der Waals surface area contributed by atoms with Gasteiger partial charge in [-0.15, -0.1) is 11.3 Å². The van der Waals surface area contributed by atoms with E-state index in [1.54, 1.807) is 0 Å².